The van der Waals surface area contributed by atoms with Crippen molar-refractivity contribution in [2.75, 3.05) is 0 Å². The minimum Gasteiger partial charge on any atom is -0.488 e. The van der Waals surface area contributed by atoms with Crippen molar-refractivity contribution in [1.29, 1.82) is 0 Å². The van der Waals surface area contributed by atoms with Crippen molar-refractivity contribution in [3.05, 3.63) is 64.1 Å². The van der Waals surface area contributed by atoms with E-state index >= 15 is 0 Å². The fraction of sp³-hybridized carbons (Fsp3) is 0.520. The summed E-state index contributed by atoms with van der Waals surface area (Å²) in [5, 5.41) is 0. The van der Waals surface area contributed by atoms with Crippen molar-refractivity contribution < 1.29 is 4.74 Å². The van der Waals surface area contributed by atoms with E-state index < -0.39 is 0 Å². The van der Waals surface area contributed by atoms with Gasteiger partial charge in [-0.05, 0) is 99.9 Å². The molecule has 2 aromatic carbocycles. The molecule has 0 spiro atoms. The van der Waals surface area contributed by atoms with Gasteiger partial charge in [-0.3, -0.25) is 0 Å². The van der Waals surface area contributed by atoms with E-state index in [1.54, 1.807) is 0 Å². The smallest absolute Gasteiger partial charge is 0.134 e. The Bertz CT molecular complexity index is 840. The van der Waals surface area contributed by atoms with Gasteiger partial charge in [0.15, 0.2) is 0 Å². The monoisotopic (exact) mass is 424 g/mol. The molecule has 6 rings (SSSR count). The molecule has 0 saturated heterocycles. The minimum atomic E-state index is 0.378. The zero-order valence-electron chi connectivity index (χ0n) is 16.4. The van der Waals surface area contributed by atoms with Crippen LogP contribution in [0.15, 0.2) is 53.0 Å². The summed E-state index contributed by atoms with van der Waals surface area (Å²) in [6.07, 6.45) is 8.44. The fourth-order valence-corrected chi connectivity index (χ4v) is 7.95. The van der Waals surface area contributed by atoms with Crippen molar-refractivity contribution >= 4 is 15.9 Å². The molecule has 4 saturated carbocycles. The Balaban J connectivity index is 1.41. The molecule has 4 bridgehead atoms. The summed E-state index contributed by atoms with van der Waals surface area (Å²) in [6, 6.07) is 17.3. The Kier molecular flexibility index (Phi) is 4.03. The normalized spacial score (nSPS) is 36.8. The first kappa shape index (κ1) is 17.8. The predicted molar refractivity (Wildman–Crippen MR) is 114 cm³/mol. The summed E-state index contributed by atoms with van der Waals surface area (Å²) in [5.74, 6) is 1.87. The van der Waals surface area contributed by atoms with Crippen LogP contribution in [0.3, 0.4) is 0 Å². The van der Waals surface area contributed by atoms with Crippen LogP contribution in [0.2, 0.25) is 0 Å². The summed E-state index contributed by atoms with van der Waals surface area (Å²) in [7, 11) is 0. The first-order valence-electron chi connectivity index (χ1n) is 10.3. The molecule has 0 N–H and O–H groups in total. The Morgan fingerprint density at radius 1 is 0.926 bits per heavy atom. The van der Waals surface area contributed by atoms with Gasteiger partial charge in [0.1, 0.15) is 12.4 Å². The van der Waals surface area contributed by atoms with Crippen LogP contribution in [0.4, 0.5) is 0 Å². The van der Waals surface area contributed by atoms with Crippen LogP contribution in [0.25, 0.3) is 0 Å². The van der Waals surface area contributed by atoms with Crippen LogP contribution in [0, 0.1) is 16.7 Å². The van der Waals surface area contributed by atoms with Crippen LogP contribution < -0.4 is 4.74 Å². The van der Waals surface area contributed by atoms with E-state index in [9.17, 15) is 0 Å². The second-order valence-electron chi connectivity index (χ2n) is 10.3. The standard InChI is InChI=1S/C25H29BrO/c1-23-11-19-12-24(2,15-23)17-25(13-19,16-23)20-8-9-22(21(26)10-20)27-14-18-6-4-3-5-7-18/h3-10,19H,11-17H2,1-2H3. The largest absolute Gasteiger partial charge is 0.488 e. The highest BCUT2D eigenvalue weighted by atomic mass is 79.9. The molecule has 4 aliphatic carbocycles. The lowest BCUT2D eigenvalue weighted by atomic mass is 9.39. The van der Waals surface area contributed by atoms with Crippen molar-refractivity contribution in [3.63, 3.8) is 0 Å². The number of benzene rings is 2. The molecular formula is C25H29BrO. The van der Waals surface area contributed by atoms with Crippen LogP contribution in [0.5, 0.6) is 5.75 Å². The van der Waals surface area contributed by atoms with Gasteiger partial charge < -0.3 is 4.74 Å². The molecule has 0 heterocycles. The summed E-state index contributed by atoms with van der Waals surface area (Å²) < 4.78 is 7.19. The Labute approximate surface area is 171 Å². The molecular weight excluding hydrogens is 396 g/mol. The SMILES string of the molecule is CC12CC3CC(C)(C1)CC(c1ccc(OCc4ccccc4)c(Br)c1)(C3)C2. The molecule has 0 aliphatic heterocycles. The van der Waals surface area contributed by atoms with Gasteiger partial charge in [-0.2, -0.15) is 0 Å². The lowest BCUT2D eigenvalue weighted by Gasteiger charge is -2.65. The molecule has 2 aromatic rings. The molecule has 1 nitrogen and oxygen atoms in total. The Morgan fingerprint density at radius 3 is 2.26 bits per heavy atom. The third kappa shape index (κ3) is 3.14. The van der Waals surface area contributed by atoms with Gasteiger partial charge in [0.05, 0.1) is 4.47 Å². The molecule has 142 valence electrons. The van der Waals surface area contributed by atoms with Crippen molar-refractivity contribution in [2.45, 2.75) is 64.4 Å². The molecule has 2 unspecified atom stereocenters. The number of hydrogen-bond donors (Lipinski definition) is 0. The van der Waals surface area contributed by atoms with E-state index in [0.29, 0.717) is 22.9 Å². The van der Waals surface area contributed by atoms with Gasteiger partial charge in [-0.15, -0.1) is 0 Å². The lowest BCUT2D eigenvalue weighted by Crippen LogP contribution is -2.56. The molecule has 0 radical (unpaired) electrons. The molecule has 4 aliphatic rings. The summed E-state index contributed by atoms with van der Waals surface area (Å²) >= 11 is 3.80. The Morgan fingerprint density at radius 2 is 1.63 bits per heavy atom. The quantitative estimate of drug-likeness (QED) is 0.500. The Hall–Kier alpha value is -1.28. The van der Waals surface area contributed by atoms with E-state index in [1.165, 1.54) is 49.7 Å². The molecule has 0 amide bonds. The average Bonchev–Trinajstić information content (AvgIpc) is 2.58. The molecule has 4 fully saturated rings. The molecule has 2 atom stereocenters. The zero-order chi connectivity index (χ0) is 18.7. The maximum atomic E-state index is 6.09. The fourth-order valence-electron chi connectivity index (χ4n) is 7.45. The van der Waals surface area contributed by atoms with E-state index in [2.05, 4.69) is 72.2 Å². The summed E-state index contributed by atoms with van der Waals surface area (Å²) in [5.41, 5.74) is 4.20. The van der Waals surface area contributed by atoms with Crippen LogP contribution in [-0.4, -0.2) is 0 Å². The second-order valence-corrected chi connectivity index (χ2v) is 11.2. The van der Waals surface area contributed by atoms with Gasteiger partial charge >= 0.3 is 0 Å². The maximum absolute atomic E-state index is 6.09. The average molecular weight is 425 g/mol. The predicted octanol–water partition coefficient (Wildman–Crippen LogP) is 7.28. The van der Waals surface area contributed by atoms with E-state index in [4.69, 9.17) is 4.74 Å². The third-order valence-electron chi connectivity index (χ3n) is 7.41. The van der Waals surface area contributed by atoms with Crippen molar-refractivity contribution in [3.8, 4) is 5.75 Å². The van der Waals surface area contributed by atoms with Crippen LogP contribution in [0.1, 0.15) is 63.5 Å². The van der Waals surface area contributed by atoms with E-state index in [0.717, 1.165) is 16.1 Å². The van der Waals surface area contributed by atoms with E-state index in [-0.39, 0.29) is 0 Å². The lowest BCUT2D eigenvalue weighted by molar-refractivity contribution is -0.110. The second kappa shape index (κ2) is 6.11. The summed E-state index contributed by atoms with van der Waals surface area (Å²) in [4.78, 5) is 0. The van der Waals surface area contributed by atoms with Gasteiger partial charge in [0.2, 0.25) is 0 Å². The molecule has 0 aromatic heterocycles. The topological polar surface area (TPSA) is 9.23 Å². The van der Waals surface area contributed by atoms with Crippen LogP contribution >= 0.6 is 15.9 Å². The highest BCUT2D eigenvalue weighted by Crippen LogP contribution is 2.69. The van der Waals surface area contributed by atoms with Crippen molar-refractivity contribution in [1.82, 2.24) is 0 Å². The van der Waals surface area contributed by atoms with Gasteiger partial charge in [-0.25, -0.2) is 0 Å². The number of ether oxygens (including phenoxy) is 1. The molecule has 27 heavy (non-hydrogen) atoms. The first-order chi connectivity index (χ1) is 12.9. The van der Waals surface area contributed by atoms with Gasteiger partial charge in [0.25, 0.3) is 0 Å². The van der Waals surface area contributed by atoms with Gasteiger partial charge in [-0.1, -0.05) is 50.2 Å². The number of hydrogen-bond acceptors (Lipinski definition) is 1. The summed E-state index contributed by atoms with van der Waals surface area (Å²) in [6.45, 7) is 5.72. The van der Waals surface area contributed by atoms with Gasteiger partial charge in [0, 0.05) is 0 Å². The van der Waals surface area contributed by atoms with E-state index in [1.807, 2.05) is 6.07 Å². The molecule has 2 heteroatoms. The minimum absolute atomic E-state index is 0.378. The number of halogens is 1. The highest BCUT2D eigenvalue weighted by Gasteiger charge is 2.60. The number of rotatable bonds is 4. The first-order valence-corrected chi connectivity index (χ1v) is 11.1. The zero-order valence-corrected chi connectivity index (χ0v) is 18.0. The maximum Gasteiger partial charge on any atom is 0.134 e. The highest BCUT2D eigenvalue weighted by molar-refractivity contribution is 9.10. The third-order valence-corrected chi connectivity index (χ3v) is 8.03. The van der Waals surface area contributed by atoms with Crippen LogP contribution in [-0.2, 0) is 12.0 Å². The van der Waals surface area contributed by atoms with Crippen molar-refractivity contribution in [2.24, 2.45) is 16.7 Å².